The SMILES string of the molecule is CCOc1c(/C(C)=C/C(=O)N2CCN(C)CC2)cc2c(C)c(C)oc2c1C. The second-order valence-electron chi connectivity index (χ2n) is 7.43. The van der Waals surface area contributed by atoms with Gasteiger partial charge >= 0.3 is 0 Å². The van der Waals surface area contributed by atoms with Crippen LogP contribution >= 0.6 is 0 Å². The van der Waals surface area contributed by atoms with Crippen molar-refractivity contribution in [3.8, 4) is 5.75 Å². The number of furan rings is 1. The molecule has 27 heavy (non-hydrogen) atoms. The molecule has 1 aromatic carbocycles. The Kier molecular flexibility index (Phi) is 5.61. The zero-order valence-electron chi connectivity index (χ0n) is 17.3. The highest BCUT2D eigenvalue weighted by Gasteiger charge is 2.21. The minimum Gasteiger partial charge on any atom is -0.493 e. The Hall–Kier alpha value is -2.27. The number of rotatable bonds is 4. The standard InChI is InChI=1S/C22H30N2O3/c1-7-26-21-16(4)22-19(15(3)17(5)27-22)13-18(21)14(2)12-20(25)24-10-8-23(6)9-11-24/h12-13H,7-11H2,1-6H3/b14-12+. The largest absolute Gasteiger partial charge is 0.493 e. The molecule has 1 amide bonds. The Bertz CT molecular complexity index is 887. The zero-order valence-corrected chi connectivity index (χ0v) is 17.3. The van der Waals surface area contributed by atoms with E-state index in [1.54, 1.807) is 6.08 Å². The molecule has 1 aliphatic heterocycles. The summed E-state index contributed by atoms with van der Waals surface area (Å²) in [5, 5.41) is 1.09. The predicted molar refractivity (Wildman–Crippen MR) is 109 cm³/mol. The number of nitrogens with zero attached hydrogens (tertiary/aromatic N) is 2. The van der Waals surface area contributed by atoms with Crippen molar-refractivity contribution >= 4 is 22.4 Å². The number of hydrogen-bond acceptors (Lipinski definition) is 4. The maximum absolute atomic E-state index is 12.7. The number of hydrogen-bond donors (Lipinski definition) is 0. The second kappa shape index (κ2) is 7.77. The summed E-state index contributed by atoms with van der Waals surface area (Å²) >= 11 is 0. The van der Waals surface area contributed by atoms with Gasteiger partial charge in [0.25, 0.3) is 0 Å². The highest BCUT2D eigenvalue weighted by Crippen LogP contribution is 2.38. The highest BCUT2D eigenvalue weighted by atomic mass is 16.5. The van der Waals surface area contributed by atoms with Crippen LogP contribution in [-0.2, 0) is 4.79 Å². The van der Waals surface area contributed by atoms with Gasteiger partial charge in [-0.15, -0.1) is 0 Å². The summed E-state index contributed by atoms with van der Waals surface area (Å²) in [6, 6.07) is 2.10. The van der Waals surface area contributed by atoms with Crippen molar-refractivity contribution in [3.05, 3.63) is 34.6 Å². The van der Waals surface area contributed by atoms with Gasteiger partial charge in [0.2, 0.25) is 5.91 Å². The lowest BCUT2D eigenvalue weighted by atomic mass is 9.98. The van der Waals surface area contributed by atoms with Crippen molar-refractivity contribution in [2.24, 2.45) is 0 Å². The van der Waals surface area contributed by atoms with E-state index in [1.165, 1.54) is 0 Å². The number of ether oxygens (including phenoxy) is 1. The molecule has 5 nitrogen and oxygen atoms in total. The van der Waals surface area contributed by atoms with Gasteiger partial charge < -0.3 is 19.0 Å². The smallest absolute Gasteiger partial charge is 0.246 e. The van der Waals surface area contributed by atoms with Gasteiger partial charge in [0.05, 0.1) is 6.61 Å². The molecule has 1 saturated heterocycles. The molecule has 0 bridgehead atoms. The number of carbonyl (C=O) groups excluding carboxylic acids is 1. The molecule has 0 atom stereocenters. The number of amides is 1. The quantitative estimate of drug-likeness (QED) is 0.765. The molecule has 0 spiro atoms. The Morgan fingerprint density at radius 3 is 2.48 bits per heavy atom. The first-order valence-electron chi connectivity index (χ1n) is 9.65. The molecule has 0 aliphatic carbocycles. The summed E-state index contributed by atoms with van der Waals surface area (Å²) in [4.78, 5) is 16.9. The van der Waals surface area contributed by atoms with Crippen LogP contribution in [0.25, 0.3) is 16.5 Å². The summed E-state index contributed by atoms with van der Waals surface area (Å²) in [7, 11) is 2.09. The molecule has 0 N–H and O–H groups in total. The first-order valence-corrected chi connectivity index (χ1v) is 9.65. The van der Waals surface area contributed by atoms with Crippen molar-refractivity contribution in [2.75, 3.05) is 39.8 Å². The van der Waals surface area contributed by atoms with Crippen LogP contribution in [0.3, 0.4) is 0 Å². The van der Waals surface area contributed by atoms with Gasteiger partial charge in [0, 0.05) is 48.8 Å². The molecule has 2 aromatic rings. The van der Waals surface area contributed by atoms with E-state index in [0.717, 1.165) is 70.9 Å². The highest BCUT2D eigenvalue weighted by molar-refractivity contribution is 5.98. The molecule has 0 saturated carbocycles. The van der Waals surface area contributed by atoms with Crippen LogP contribution in [0.5, 0.6) is 5.75 Å². The van der Waals surface area contributed by atoms with E-state index in [0.29, 0.717) is 6.61 Å². The molecule has 0 unspecified atom stereocenters. The van der Waals surface area contributed by atoms with Crippen LogP contribution in [0.1, 0.15) is 36.3 Å². The number of benzene rings is 1. The van der Waals surface area contributed by atoms with E-state index in [1.807, 2.05) is 32.6 Å². The van der Waals surface area contributed by atoms with E-state index in [-0.39, 0.29) is 5.91 Å². The molecular weight excluding hydrogens is 340 g/mol. The third kappa shape index (κ3) is 3.74. The third-order valence-electron chi connectivity index (χ3n) is 5.51. The van der Waals surface area contributed by atoms with Crippen molar-refractivity contribution in [3.63, 3.8) is 0 Å². The Balaban J connectivity index is 2.02. The first kappa shape index (κ1) is 19.5. The van der Waals surface area contributed by atoms with Crippen LogP contribution in [0, 0.1) is 20.8 Å². The summed E-state index contributed by atoms with van der Waals surface area (Å²) < 4.78 is 11.9. The fourth-order valence-corrected chi connectivity index (χ4v) is 3.62. The second-order valence-corrected chi connectivity index (χ2v) is 7.43. The Labute approximate surface area is 161 Å². The van der Waals surface area contributed by atoms with Gasteiger partial charge in [-0.05, 0) is 58.9 Å². The van der Waals surface area contributed by atoms with E-state index in [4.69, 9.17) is 9.15 Å². The van der Waals surface area contributed by atoms with Gasteiger partial charge in [-0.25, -0.2) is 0 Å². The molecule has 0 radical (unpaired) electrons. The van der Waals surface area contributed by atoms with E-state index in [2.05, 4.69) is 24.9 Å². The van der Waals surface area contributed by atoms with Crippen LogP contribution in [0.4, 0.5) is 0 Å². The average molecular weight is 370 g/mol. The zero-order chi connectivity index (χ0) is 19.7. The van der Waals surface area contributed by atoms with Gasteiger partial charge in [-0.2, -0.15) is 0 Å². The number of piperazine rings is 1. The fraction of sp³-hybridized carbons (Fsp3) is 0.500. The lowest BCUT2D eigenvalue weighted by Crippen LogP contribution is -2.46. The summed E-state index contributed by atoms with van der Waals surface area (Å²) in [6.45, 7) is 14.0. The van der Waals surface area contributed by atoms with Crippen LogP contribution < -0.4 is 4.74 Å². The molecule has 3 rings (SSSR count). The average Bonchev–Trinajstić information content (AvgIpc) is 2.92. The molecule has 146 valence electrons. The number of fused-ring (bicyclic) bond motifs is 1. The first-order chi connectivity index (χ1) is 12.8. The molecule has 2 heterocycles. The topological polar surface area (TPSA) is 45.9 Å². The number of aryl methyl sites for hydroxylation is 3. The van der Waals surface area contributed by atoms with Crippen molar-refractivity contribution in [1.82, 2.24) is 9.80 Å². The normalized spacial score (nSPS) is 16.2. The minimum absolute atomic E-state index is 0.0703. The summed E-state index contributed by atoms with van der Waals surface area (Å²) in [5.41, 5.74) is 4.88. The molecule has 1 aromatic heterocycles. The van der Waals surface area contributed by atoms with Gasteiger partial charge in [-0.1, -0.05) is 0 Å². The number of carbonyl (C=O) groups is 1. The molecule has 5 heteroatoms. The summed E-state index contributed by atoms with van der Waals surface area (Å²) in [5.74, 6) is 1.79. The molecule has 1 fully saturated rings. The van der Waals surface area contributed by atoms with Crippen LogP contribution in [0.2, 0.25) is 0 Å². The van der Waals surface area contributed by atoms with Crippen molar-refractivity contribution in [2.45, 2.75) is 34.6 Å². The monoisotopic (exact) mass is 370 g/mol. The van der Waals surface area contributed by atoms with Gasteiger partial charge in [0.15, 0.2) is 0 Å². The molecule has 1 aliphatic rings. The number of likely N-dealkylation sites (N-methyl/N-ethyl adjacent to an activating group) is 1. The lowest BCUT2D eigenvalue weighted by molar-refractivity contribution is -0.127. The van der Waals surface area contributed by atoms with Gasteiger partial charge in [-0.3, -0.25) is 4.79 Å². The lowest BCUT2D eigenvalue weighted by Gasteiger charge is -2.31. The van der Waals surface area contributed by atoms with E-state index in [9.17, 15) is 4.79 Å². The maximum Gasteiger partial charge on any atom is 0.246 e. The Morgan fingerprint density at radius 2 is 1.85 bits per heavy atom. The summed E-state index contributed by atoms with van der Waals surface area (Å²) in [6.07, 6.45) is 1.75. The van der Waals surface area contributed by atoms with E-state index < -0.39 is 0 Å². The fourth-order valence-electron chi connectivity index (χ4n) is 3.62. The predicted octanol–water partition coefficient (Wildman–Crippen LogP) is 3.93. The minimum atomic E-state index is 0.0703. The third-order valence-corrected chi connectivity index (χ3v) is 5.51. The van der Waals surface area contributed by atoms with Crippen molar-refractivity contribution in [1.29, 1.82) is 0 Å². The molecular formula is C22H30N2O3. The van der Waals surface area contributed by atoms with E-state index >= 15 is 0 Å². The van der Waals surface area contributed by atoms with Gasteiger partial charge in [0.1, 0.15) is 17.1 Å². The Morgan fingerprint density at radius 1 is 1.19 bits per heavy atom. The maximum atomic E-state index is 12.7. The number of allylic oxidation sites excluding steroid dienone is 1. The van der Waals surface area contributed by atoms with Crippen molar-refractivity contribution < 1.29 is 13.9 Å². The van der Waals surface area contributed by atoms with Crippen LogP contribution in [-0.4, -0.2) is 55.5 Å². The van der Waals surface area contributed by atoms with Crippen LogP contribution in [0.15, 0.2) is 16.6 Å².